The van der Waals surface area contributed by atoms with Gasteiger partial charge >= 0.3 is 0 Å². The van der Waals surface area contributed by atoms with Gasteiger partial charge in [-0.15, -0.1) is 0 Å². The molecular weight excluding hydrogens is 262 g/mol. The zero-order valence-electron chi connectivity index (χ0n) is 11.5. The van der Waals surface area contributed by atoms with E-state index >= 15 is 0 Å². The normalized spacial score (nSPS) is 25.4. The Balaban J connectivity index is 1.98. The molecule has 0 saturated carbocycles. The fourth-order valence-electron chi connectivity index (χ4n) is 2.27. The topological polar surface area (TPSA) is 46.6 Å². The summed E-state index contributed by atoms with van der Waals surface area (Å²) in [7, 11) is -3.18. The highest BCUT2D eigenvalue weighted by atomic mass is 32.2. The van der Waals surface area contributed by atoms with Gasteiger partial charge in [0, 0.05) is 19.1 Å². The molecule has 19 heavy (non-hydrogen) atoms. The first kappa shape index (κ1) is 14.5. The van der Waals surface area contributed by atoms with E-state index < -0.39 is 9.84 Å². The lowest BCUT2D eigenvalue weighted by Gasteiger charge is -2.36. The molecule has 1 fully saturated rings. The third-order valence-corrected chi connectivity index (χ3v) is 5.20. The maximum atomic E-state index is 12.2. The van der Waals surface area contributed by atoms with Crippen LogP contribution < -0.4 is 0 Å². The number of sulfone groups is 1. The molecule has 0 radical (unpaired) electrons. The molecule has 0 aliphatic carbocycles. The van der Waals surface area contributed by atoms with Crippen molar-refractivity contribution in [2.45, 2.75) is 30.9 Å². The summed E-state index contributed by atoms with van der Waals surface area (Å²) in [6, 6.07) is 8.92. The minimum atomic E-state index is -3.18. The summed E-state index contributed by atoms with van der Waals surface area (Å²) in [5.41, 5.74) is 0. The summed E-state index contributed by atoms with van der Waals surface area (Å²) in [6.07, 6.45) is 0.177. The van der Waals surface area contributed by atoms with Crippen molar-refractivity contribution in [3.63, 3.8) is 0 Å². The predicted octanol–water partition coefficient (Wildman–Crippen LogP) is 1.57. The van der Waals surface area contributed by atoms with E-state index in [1.165, 1.54) is 0 Å². The number of rotatable bonds is 4. The van der Waals surface area contributed by atoms with E-state index in [4.69, 9.17) is 4.74 Å². The fraction of sp³-hybridized carbons (Fsp3) is 0.571. The average molecular weight is 283 g/mol. The van der Waals surface area contributed by atoms with Crippen LogP contribution in [0.25, 0.3) is 0 Å². The molecule has 5 heteroatoms. The van der Waals surface area contributed by atoms with Gasteiger partial charge in [0.25, 0.3) is 0 Å². The van der Waals surface area contributed by atoms with Gasteiger partial charge in [0.15, 0.2) is 9.84 Å². The van der Waals surface area contributed by atoms with Gasteiger partial charge in [-0.1, -0.05) is 18.2 Å². The van der Waals surface area contributed by atoms with Gasteiger partial charge in [-0.3, -0.25) is 4.90 Å². The van der Waals surface area contributed by atoms with Crippen LogP contribution in [0.5, 0.6) is 0 Å². The number of benzene rings is 1. The third kappa shape index (κ3) is 3.78. The molecule has 1 saturated heterocycles. The van der Waals surface area contributed by atoms with Crippen LogP contribution in [0.15, 0.2) is 35.2 Å². The van der Waals surface area contributed by atoms with E-state index in [-0.39, 0.29) is 17.9 Å². The first-order valence-electron chi connectivity index (χ1n) is 6.62. The Labute approximate surface area is 115 Å². The maximum Gasteiger partial charge on any atom is 0.179 e. The number of nitrogens with zero attached hydrogens (tertiary/aromatic N) is 1. The molecule has 1 heterocycles. The smallest absolute Gasteiger partial charge is 0.179 e. The zero-order chi connectivity index (χ0) is 13.9. The highest BCUT2D eigenvalue weighted by Crippen LogP contribution is 2.14. The molecule has 0 spiro atoms. The van der Waals surface area contributed by atoms with Crippen molar-refractivity contribution in [1.82, 2.24) is 4.90 Å². The van der Waals surface area contributed by atoms with Gasteiger partial charge in [0.1, 0.15) is 0 Å². The van der Waals surface area contributed by atoms with Crippen molar-refractivity contribution in [2.75, 3.05) is 25.4 Å². The van der Waals surface area contributed by atoms with E-state index in [9.17, 15) is 8.42 Å². The quantitative estimate of drug-likeness (QED) is 0.841. The van der Waals surface area contributed by atoms with Crippen LogP contribution >= 0.6 is 0 Å². The molecule has 0 aromatic heterocycles. The van der Waals surface area contributed by atoms with Crippen LogP contribution in [-0.4, -0.2) is 50.9 Å². The highest BCUT2D eigenvalue weighted by Gasteiger charge is 2.25. The van der Waals surface area contributed by atoms with Crippen molar-refractivity contribution < 1.29 is 13.2 Å². The SMILES string of the molecule is CC1CN(CCS(=O)(=O)c2ccccc2)C(C)CO1. The molecule has 1 aromatic rings. The standard InChI is InChI=1S/C14H21NO3S/c1-12-11-18-13(2)10-15(12)8-9-19(16,17)14-6-4-3-5-7-14/h3-7,12-13H,8-11H2,1-2H3. The average Bonchev–Trinajstić information content (AvgIpc) is 2.41. The Morgan fingerprint density at radius 1 is 1.26 bits per heavy atom. The van der Waals surface area contributed by atoms with Crippen LogP contribution in [0.1, 0.15) is 13.8 Å². The summed E-state index contributed by atoms with van der Waals surface area (Å²) in [4.78, 5) is 2.60. The Hall–Kier alpha value is -0.910. The van der Waals surface area contributed by atoms with Gasteiger partial charge in [0.2, 0.25) is 0 Å². The summed E-state index contributed by atoms with van der Waals surface area (Å²) in [5, 5.41) is 0. The first-order chi connectivity index (χ1) is 8.99. The second-order valence-electron chi connectivity index (χ2n) is 5.12. The number of hydrogen-bond donors (Lipinski definition) is 0. The van der Waals surface area contributed by atoms with Crippen LogP contribution in [0, 0.1) is 0 Å². The van der Waals surface area contributed by atoms with Gasteiger partial charge in [0.05, 0.1) is 23.4 Å². The molecule has 1 aliphatic heterocycles. The lowest BCUT2D eigenvalue weighted by Crippen LogP contribution is -2.48. The number of ether oxygens (including phenoxy) is 1. The van der Waals surface area contributed by atoms with Crippen molar-refractivity contribution in [3.8, 4) is 0 Å². The van der Waals surface area contributed by atoms with Crippen LogP contribution in [0.2, 0.25) is 0 Å². The van der Waals surface area contributed by atoms with Gasteiger partial charge in [-0.05, 0) is 26.0 Å². The second-order valence-corrected chi connectivity index (χ2v) is 7.23. The molecule has 0 N–H and O–H groups in total. The number of morpholine rings is 1. The minimum Gasteiger partial charge on any atom is -0.376 e. The van der Waals surface area contributed by atoms with Crippen LogP contribution in [0.3, 0.4) is 0 Å². The van der Waals surface area contributed by atoms with Crippen molar-refractivity contribution >= 4 is 9.84 Å². The molecule has 1 aromatic carbocycles. The lowest BCUT2D eigenvalue weighted by molar-refractivity contribution is -0.0469. The monoisotopic (exact) mass is 283 g/mol. The Kier molecular flexibility index (Phi) is 4.60. The first-order valence-corrected chi connectivity index (χ1v) is 8.28. The van der Waals surface area contributed by atoms with Gasteiger partial charge in [-0.2, -0.15) is 0 Å². The Bertz CT molecular complexity index is 501. The summed E-state index contributed by atoms with van der Waals surface area (Å²) >= 11 is 0. The predicted molar refractivity (Wildman–Crippen MR) is 74.9 cm³/mol. The second kappa shape index (κ2) is 6.03. The Morgan fingerprint density at radius 2 is 1.95 bits per heavy atom. The van der Waals surface area contributed by atoms with Gasteiger partial charge < -0.3 is 4.74 Å². The summed E-state index contributed by atoms with van der Waals surface area (Å²) in [6.45, 7) is 6.12. The molecule has 0 bridgehead atoms. The fourth-order valence-corrected chi connectivity index (χ4v) is 3.55. The molecule has 0 amide bonds. The maximum absolute atomic E-state index is 12.2. The van der Waals surface area contributed by atoms with E-state index in [2.05, 4.69) is 11.8 Å². The van der Waals surface area contributed by atoms with E-state index in [1.807, 2.05) is 13.0 Å². The van der Waals surface area contributed by atoms with Crippen molar-refractivity contribution in [1.29, 1.82) is 0 Å². The Morgan fingerprint density at radius 3 is 2.63 bits per heavy atom. The largest absolute Gasteiger partial charge is 0.376 e. The number of hydrogen-bond acceptors (Lipinski definition) is 4. The van der Waals surface area contributed by atoms with Crippen LogP contribution in [-0.2, 0) is 14.6 Å². The third-order valence-electron chi connectivity index (χ3n) is 3.49. The molecule has 2 unspecified atom stereocenters. The zero-order valence-corrected chi connectivity index (χ0v) is 12.3. The molecular formula is C14H21NO3S. The molecule has 4 nitrogen and oxygen atoms in total. The molecule has 106 valence electrons. The molecule has 2 rings (SSSR count). The van der Waals surface area contributed by atoms with Gasteiger partial charge in [-0.25, -0.2) is 8.42 Å². The minimum absolute atomic E-state index is 0.161. The van der Waals surface area contributed by atoms with Crippen molar-refractivity contribution in [2.24, 2.45) is 0 Å². The highest BCUT2D eigenvalue weighted by molar-refractivity contribution is 7.91. The summed E-state index contributed by atoms with van der Waals surface area (Å²) in [5.74, 6) is 0.161. The van der Waals surface area contributed by atoms with E-state index in [1.54, 1.807) is 24.3 Å². The van der Waals surface area contributed by atoms with E-state index in [0.29, 0.717) is 18.0 Å². The van der Waals surface area contributed by atoms with Crippen molar-refractivity contribution in [3.05, 3.63) is 30.3 Å². The molecule has 2 atom stereocenters. The molecule has 1 aliphatic rings. The van der Waals surface area contributed by atoms with E-state index in [0.717, 1.165) is 6.54 Å². The van der Waals surface area contributed by atoms with Crippen LogP contribution in [0.4, 0.5) is 0 Å². The lowest BCUT2D eigenvalue weighted by atomic mass is 10.2. The summed E-state index contributed by atoms with van der Waals surface area (Å²) < 4.78 is 30.0.